The second-order valence-corrected chi connectivity index (χ2v) is 14.1. The molecule has 2 aromatic heterocycles. The SMILES string of the molecule is c1ccc(-n2c(-c3cccc4ccccc34)nc3c4cccc5c4c4c(cccc4c32)c2nc(-c3cccc4ccccc34)n(-c3ccccc3)c52)cc1. The van der Waals surface area contributed by atoms with Crippen molar-refractivity contribution in [1.29, 1.82) is 0 Å². The molecule has 0 aliphatic rings. The van der Waals surface area contributed by atoms with E-state index in [2.05, 4.69) is 191 Å². The van der Waals surface area contributed by atoms with Crippen molar-refractivity contribution >= 4 is 75.9 Å². The van der Waals surface area contributed by atoms with Gasteiger partial charge in [-0.25, -0.2) is 9.97 Å². The van der Waals surface area contributed by atoms with E-state index in [0.717, 1.165) is 77.8 Å². The van der Waals surface area contributed by atoms with Crippen molar-refractivity contribution in [2.45, 2.75) is 0 Å². The van der Waals surface area contributed by atoms with Gasteiger partial charge in [-0.3, -0.25) is 9.13 Å². The van der Waals surface area contributed by atoms with Gasteiger partial charge >= 0.3 is 0 Å². The maximum absolute atomic E-state index is 5.65. The minimum absolute atomic E-state index is 0.930. The maximum atomic E-state index is 5.65. The Morgan fingerprint density at radius 1 is 0.296 bits per heavy atom. The topological polar surface area (TPSA) is 35.6 Å². The van der Waals surface area contributed by atoms with Crippen LogP contribution in [0.5, 0.6) is 0 Å². The van der Waals surface area contributed by atoms with E-state index in [-0.39, 0.29) is 0 Å². The number of fused-ring (bicyclic) bond motifs is 8. The minimum atomic E-state index is 0.930. The Morgan fingerprint density at radius 3 is 1.11 bits per heavy atom. The summed E-state index contributed by atoms with van der Waals surface area (Å²) in [6, 6.07) is 65.1. The van der Waals surface area contributed by atoms with Crippen molar-refractivity contribution in [2.75, 3.05) is 0 Å². The number of benzene rings is 10. The standard InChI is InChI=1S/C50H30N4/c1-3-19-33(20-4-1)53-47-41-29-13-28-40-43(41)44-39(45(47)51-49(53)37-25-11-17-31-15-7-9-23-35(31)37)27-14-30-42(44)48-46(40)52-50(54(48)34-21-5-2-6-22-34)38-26-12-18-32-16-8-10-24-36(32)38/h1-30H. The van der Waals surface area contributed by atoms with Gasteiger partial charge in [0.25, 0.3) is 0 Å². The molecule has 54 heavy (non-hydrogen) atoms. The summed E-state index contributed by atoms with van der Waals surface area (Å²) in [5.74, 6) is 1.86. The van der Waals surface area contributed by atoms with Crippen LogP contribution in [0.1, 0.15) is 0 Å². The number of hydrogen-bond donors (Lipinski definition) is 0. The molecule has 0 radical (unpaired) electrons. The molecule has 0 aliphatic carbocycles. The third kappa shape index (κ3) is 3.97. The number of nitrogens with zero attached hydrogens (tertiary/aromatic N) is 4. The highest BCUT2D eigenvalue weighted by molar-refractivity contribution is 6.39. The summed E-state index contributed by atoms with van der Waals surface area (Å²) < 4.78 is 4.75. The zero-order chi connectivity index (χ0) is 35.3. The first kappa shape index (κ1) is 29.3. The van der Waals surface area contributed by atoms with Gasteiger partial charge in [0.05, 0.1) is 22.1 Å². The Bertz CT molecular complexity index is 3190. The predicted molar refractivity (Wildman–Crippen MR) is 225 cm³/mol. The van der Waals surface area contributed by atoms with E-state index >= 15 is 0 Å². The highest BCUT2D eigenvalue weighted by atomic mass is 15.1. The molecule has 4 nitrogen and oxygen atoms in total. The Kier molecular flexibility index (Phi) is 6.02. The Balaban J connectivity index is 1.30. The van der Waals surface area contributed by atoms with Gasteiger partial charge in [0.15, 0.2) is 0 Å². The summed E-state index contributed by atoms with van der Waals surface area (Å²) in [6.07, 6.45) is 0. The van der Waals surface area contributed by atoms with Crippen molar-refractivity contribution in [3.8, 4) is 34.2 Å². The van der Waals surface area contributed by atoms with Gasteiger partial charge in [-0.2, -0.15) is 0 Å². The highest BCUT2D eigenvalue weighted by Crippen LogP contribution is 2.48. The lowest BCUT2D eigenvalue weighted by molar-refractivity contribution is 1.11. The Morgan fingerprint density at radius 2 is 0.648 bits per heavy atom. The second kappa shape index (κ2) is 11.1. The van der Waals surface area contributed by atoms with Crippen molar-refractivity contribution in [3.05, 3.63) is 182 Å². The molecule has 0 atom stereocenters. The zero-order valence-electron chi connectivity index (χ0n) is 29.1. The molecule has 12 aromatic rings. The molecule has 250 valence electrons. The van der Waals surface area contributed by atoms with Crippen LogP contribution in [-0.2, 0) is 0 Å². The molecule has 0 N–H and O–H groups in total. The number of hydrogen-bond acceptors (Lipinski definition) is 2. The van der Waals surface area contributed by atoms with Gasteiger partial charge < -0.3 is 0 Å². The lowest BCUT2D eigenvalue weighted by Gasteiger charge is -2.17. The van der Waals surface area contributed by atoms with Gasteiger partial charge in [0, 0.05) is 54.8 Å². The summed E-state index contributed by atoms with van der Waals surface area (Å²) in [6.45, 7) is 0. The first-order chi connectivity index (χ1) is 26.8. The van der Waals surface area contributed by atoms with E-state index in [1.807, 2.05) is 0 Å². The molecule has 0 unspecified atom stereocenters. The van der Waals surface area contributed by atoms with Crippen LogP contribution >= 0.6 is 0 Å². The molecule has 10 aromatic carbocycles. The highest BCUT2D eigenvalue weighted by Gasteiger charge is 2.27. The molecule has 0 spiro atoms. The van der Waals surface area contributed by atoms with E-state index in [1.165, 1.54) is 32.3 Å². The first-order valence-corrected chi connectivity index (χ1v) is 18.4. The summed E-state index contributed by atoms with van der Waals surface area (Å²) in [7, 11) is 0. The molecule has 12 rings (SSSR count). The average Bonchev–Trinajstić information content (AvgIpc) is 3.85. The second-order valence-electron chi connectivity index (χ2n) is 14.1. The summed E-state index contributed by atoms with van der Waals surface area (Å²) in [5.41, 5.74) is 8.56. The van der Waals surface area contributed by atoms with Gasteiger partial charge in [0.2, 0.25) is 0 Å². The quantitative estimate of drug-likeness (QED) is 0.173. The maximum Gasteiger partial charge on any atom is 0.146 e. The third-order valence-corrected chi connectivity index (χ3v) is 11.2. The van der Waals surface area contributed by atoms with Gasteiger partial charge in [0.1, 0.15) is 11.6 Å². The van der Waals surface area contributed by atoms with Crippen molar-refractivity contribution in [3.63, 3.8) is 0 Å². The van der Waals surface area contributed by atoms with Gasteiger partial charge in [-0.05, 0) is 45.8 Å². The third-order valence-electron chi connectivity index (χ3n) is 11.2. The van der Waals surface area contributed by atoms with E-state index in [4.69, 9.17) is 9.97 Å². The van der Waals surface area contributed by atoms with Crippen LogP contribution in [-0.4, -0.2) is 19.1 Å². The van der Waals surface area contributed by atoms with Gasteiger partial charge in [-0.1, -0.05) is 158 Å². The fraction of sp³-hybridized carbons (Fsp3) is 0. The molecule has 0 bridgehead atoms. The lowest BCUT2D eigenvalue weighted by Crippen LogP contribution is -1.99. The largest absolute Gasteiger partial charge is 0.292 e. The van der Waals surface area contributed by atoms with Crippen molar-refractivity contribution in [2.24, 2.45) is 0 Å². The monoisotopic (exact) mass is 686 g/mol. The Hall–Kier alpha value is -7.30. The van der Waals surface area contributed by atoms with E-state index in [9.17, 15) is 0 Å². The Labute approximate surface area is 310 Å². The van der Waals surface area contributed by atoms with Crippen LogP contribution in [0.4, 0.5) is 0 Å². The summed E-state index contributed by atoms with van der Waals surface area (Å²) in [4.78, 5) is 11.3. The lowest BCUT2D eigenvalue weighted by atomic mass is 9.91. The number of rotatable bonds is 4. The van der Waals surface area contributed by atoms with Crippen molar-refractivity contribution in [1.82, 2.24) is 19.1 Å². The molecule has 0 fully saturated rings. The molecule has 0 saturated carbocycles. The predicted octanol–water partition coefficient (Wildman–Crippen LogP) is 12.9. The van der Waals surface area contributed by atoms with Crippen LogP contribution in [0.2, 0.25) is 0 Å². The molecule has 4 heteroatoms. The molecular formula is C50H30N4. The zero-order valence-corrected chi connectivity index (χ0v) is 29.1. The van der Waals surface area contributed by atoms with Crippen LogP contribution in [0.3, 0.4) is 0 Å². The normalized spacial score (nSPS) is 12.1. The van der Waals surface area contributed by atoms with Gasteiger partial charge in [-0.15, -0.1) is 0 Å². The first-order valence-electron chi connectivity index (χ1n) is 18.4. The van der Waals surface area contributed by atoms with Crippen LogP contribution in [0, 0.1) is 0 Å². The molecule has 0 saturated heterocycles. The van der Waals surface area contributed by atoms with Crippen LogP contribution in [0.15, 0.2) is 182 Å². The smallest absolute Gasteiger partial charge is 0.146 e. The van der Waals surface area contributed by atoms with Crippen LogP contribution in [0.25, 0.3) is 110 Å². The van der Waals surface area contributed by atoms with Crippen molar-refractivity contribution < 1.29 is 0 Å². The number of imidazole rings is 2. The summed E-state index contributed by atoms with van der Waals surface area (Å²) in [5, 5.41) is 11.8. The van der Waals surface area contributed by atoms with E-state index in [0.29, 0.717) is 0 Å². The minimum Gasteiger partial charge on any atom is -0.292 e. The fourth-order valence-electron chi connectivity index (χ4n) is 9.00. The summed E-state index contributed by atoms with van der Waals surface area (Å²) >= 11 is 0. The van der Waals surface area contributed by atoms with Crippen LogP contribution < -0.4 is 0 Å². The van der Waals surface area contributed by atoms with E-state index < -0.39 is 0 Å². The molecule has 0 amide bonds. The average molecular weight is 687 g/mol. The fourth-order valence-corrected chi connectivity index (χ4v) is 9.00. The molecule has 2 heterocycles. The van der Waals surface area contributed by atoms with E-state index in [1.54, 1.807) is 0 Å². The number of para-hydroxylation sites is 2. The number of aromatic nitrogens is 4. The molecule has 0 aliphatic heterocycles. The molecular weight excluding hydrogens is 657 g/mol.